The van der Waals surface area contributed by atoms with E-state index in [2.05, 4.69) is 20.8 Å². The minimum atomic E-state index is -0.126. The highest BCUT2D eigenvalue weighted by Gasteiger charge is 2.13. The number of benzene rings is 6. The van der Waals surface area contributed by atoms with Crippen molar-refractivity contribution in [3.8, 4) is 40.0 Å². The summed E-state index contributed by atoms with van der Waals surface area (Å²) < 4.78 is 12.5. The summed E-state index contributed by atoms with van der Waals surface area (Å²) in [5, 5.41) is 44.2. The van der Waals surface area contributed by atoms with Crippen molar-refractivity contribution in [2.45, 2.75) is 39.9 Å². The molecule has 7 aromatic rings. The van der Waals surface area contributed by atoms with Gasteiger partial charge < -0.3 is 41.2 Å². The molecule has 378 valence electrons. The Morgan fingerprint density at radius 3 is 1.50 bits per heavy atom. The molecule has 12 nitrogen and oxygen atoms in total. The molecular weight excluding hydrogens is 1030 g/mol. The molecule has 1 aromatic heterocycles. The summed E-state index contributed by atoms with van der Waals surface area (Å²) in [7, 11) is 0. The highest BCUT2D eigenvalue weighted by molar-refractivity contribution is 8.21. The van der Waals surface area contributed by atoms with Crippen LogP contribution in [0.2, 0.25) is 15.1 Å². The van der Waals surface area contributed by atoms with Gasteiger partial charge >= 0.3 is 0 Å². The maximum Gasteiger partial charge on any atom is 0.188 e. The first kappa shape index (κ1) is 58.2. The number of ether oxygens (including phenoxy) is 2. The first-order valence-corrected chi connectivity index (χ1v) is 26.7. The van der Waals surface area contributed by atoms with E-state index < -0.39 is 0 Å². The molecule has 0 saturated carbocycles. The van der Waals surface area contributed by atoms with Crippen molar-refractivity contribution < 1.29 is 34.4 Å². The normalized spacial score (nSPS) is 10.6. The summed E-state index contributed by atoms with van der Waals surface area (Å²) in [6.45, 7) is 7.68. The van der Waals surface area contributed by atoms with Gasteiger partial charge in [0.1, 0.15) is 28.7 Å². The second-order valence-electron chi connectivity index (χ2n) is 15.5. The molecule has 0 amide bonds. The number of carbonyl (C=O) groups excluding carboxylic acids is 2. The number of nitrogen functional groups attached to an aromatic ring is 1. The van der Waals surface area contributed by atoms with Crippen molar-refractivity contribution in [2.75, 3.05) is 35.1 Å². The van der Waals surface area contributed by atoms with Crippen LogP contribution in [0.5, 0.6) is 28.7 Å². The van der Waals surface area contributed by atoms with Gasteiger partial charge in [-0.1, -0.05) is 46.9 Å². The average Bonchev–Trinajstić information content (AvgIpc) is 3.82. The molecular formula is C54H56Cl3N5O7S3. The zero-order chi connectivity index (χ0) is 52.7. The number of hydrogen-bond acceptors (Lipinski definition) is 14. The van der Waals surface area contributed by atoms with E-state index in [1.54, 1.807) is 139 Å². The molecule has 0 radical (unpaired) electrons. The summed E-state index contributed by atoms with van der Waals surface area (Å²) >= 11 is 22.1. The third-order valence-electron chi connectivity index (χ3n) is 9.19. The number of aromatic nitrogens is 2. The smallest absolute Gasteiger partial charge is 0.188 e. The van der Waals surface area contributed by atoms with Crippen LogP contribution >= 0.6 is 70.1 Å². The molecule has 72 heavy (non-hydrogen) atoms. The number of aromatic hydroxyl groups is 3. The number of H-pyrrole nitrogens is 1. The maximum absolute atomic E-state index is 12.4. The highest BCUT2D eigenvalue weighted by atomic mass is 35.5. The largest absolute Gasteiger partial charge is 0.508 e. The number of hydrogen-bond donors (Lipinski definition) is 7. The van der Waals surface area contributed by atoms with Crippen LogP contribution in [-0.4, -0.2) is 68.1 Å². The zero-order valence-electron chi connectivity index (χ0n) is 40.4. The molecule has 6 aromatic carbocycles. The lowest BCUT2D eigenvalue weighted by Crippen LogP contribution is -2.08. The van der Waals surface area contributed by atoms with Crippen LogP contribution in [0, 0.1) is 0 Å². The summed E-state index contributed by atoms with van der Waals surface area (Å²) in [6, 6.07) is 39.2. The van der Waals surface area contributed by atoms with Gasteiger partial charge in [0.25, 0.3) is 0 Å². The van der Waals surface area contributed by atoms with E-state index >= 15 is 0 Å². The van der Waals surface area contributed by atoms with Crippen molar-refractivity contribution in [3.63, 3.8) is 0 Å². The number of nitrogens with zero attached hydrogens (tertiary/aromatic N) is 1. The van der Waals surface area contributed by atoms with Gasteiger partial charge in [-0.25, -0.2) is 0 Å². The van der Waals surface area contributed by atoms with Crippen LogP contribution in [0.1, 0.15) is 48.4 Å². The number of allylic oxidation sites excluding steroid dienone is 2. The van der Waals surface area contributed by atoms with Gasteiger partial charge in [-0.05, 0) is 161 Å². The predicted octanol–water partition coefficient (Wildman–Crippen LogP) is 15.4. The first-order chi connectivity index (χ1) is 34.3. The van der Waals surface area contributed by atoms with Crippen molar-refractivity contribution in [2.24, 2.45) is 0 Å². The van der Waals surface area contributed by atoms with Crippen LogP contribution in [0.15, 0.2) is 161 Å². The second kappa shape index (κ2) is 29.9. The fraction of sp³-hybridized carbons (Fsp3) is 0.167. The van der Waals surface area contributed by atoms with Crippen LogP contribution < -0.4 is 25.8 Å². The van der Waals surface area contributed by atoms with Crippen molar-refractivity contribution >= 4 is 105 Å². The molecule has 0 atom stereocenters. The molecule has 0 aliphatic heterocycles. The van der Waals surface area contributed by atoms with Crippen LogP contribution in [0.3, 0.4) is 0 Å². The monoisotopic (exact) mass is 1090 g/mol. The fourth-order valence-electron chi connectivity index (χ4n) is 5.81. The van der Waals surface area contributed by atoms with Gasteiger partial charge in [-0.15, -0.1) is 35.3 Å². The highest BCUT2D eigenvalue weighted by Crippen LogP contribution is 2.34. The minimum absolute atomic E-state index is 0.00355. The summed E-state index contributed by atoms with van der Waals surface area (Å²) in [4.78, 5) is 24.1. The van der Waals surface area contributed by atoms with Crippen LogP contribution in [-0.2, 0) is 0 Å². The second-order valence-corrected chi connectivity index (χ2v) is 19.6. The lowest BCUT2D eigenvalue weighted by atomic mass is 10.1. The van der Waals surface area contributed by atoms with E-state index in [4.69, 9.17) is 55.1 Å². The number of anilines is 4. The van der Waals surface area contributed by atoms with Crippen molar-refractivity contribution in [1.82, 2.24) is 10.2 Å². The number of ketones is 2. The molecule has 0 aliphatic carbocycles. The van der Waals surface area contributed by atoms with Gasteiger partial charge in [-0.2, -0.15) is 5.10 Å². The van der Waals surface area contributed by atoms with Crippen LogP contribution in [0.25, 0.3) is 11.3 Å². The SMILES string of the molecule is CC(C)Oc1cc(O)ccc1Nc1cc(-c2ccc(Cl)cc2)[nH]n1.CS/C(=C\C(=O)c1ccc(Cl)cc1)Nc1ccc(O)cc1OC(C)C.CSC(=CC(=O)c1ccc(Cl)cc1)SC.Nc1ccc(O)cc1. The number of halogens is 3. The minimum Gasteiger partial charge on any atom is -0.508 e. The molecule has 7 rings (SSSR count). The van der Waals surface area contributed by atoms with E-state index in [9.17, 15) is 19.8 Å². The fourth-order valence-corrected chi connectivity index (χ4v) is 7.74. The zero-order valence-corrected chi connectivity index (χ0v) is 45.2. The molecule has 0 fully saturated rings. The molecule has 0 aliphatic rings. The number of thioether (sulfide) groups is 3. The number of phenols is 3. The Morgan fingerprint density at radius 2 is 1.04 bits per heavy atom. The van der Waals surface area contributed by atoms with Gasteiger partial charge in [-0.3, -0.25) is 14.7 Å². The molecule has 0 spiro atoms. The van der Waals surface area contributed by atoms with E-state index in [-0.39, 0.29) is 41.0 Å². The van der Waals surface area contributed by atoms with E-state index in [1.165, 1.54) is 17.8 Å². The van der Waals surface area contributed by atoms with E-state index in [0.29, 0.717) is 59.9 Å². The quantitative estimate of drug-likeness (QED) is 0.0209. The standard InChI is InChI=1S/C19H20ClNO3S.C18H18ClN3O2.C11H11ClOS2.C6H7NO/c1-12(2)24-18-10-15(22)8-9-16(18)21-19(25-3)11-17(23)13-4-6-14(20)7-5-13;1-11(2)24-17-9-14(23)7-8-15(17)20-18-10-16(21-22-18)12-3-5-13(19)6-4-12;1-14-11(15-2)7-10(13)8-3-5-9(12)6-4-8;7-5-1-3-6(8)4-2-5/h4-12,21-22H,1-3H3;3-11,23H,1-2H3,(H2,20,21,22);3-7H,1-2H3;1-4,8H,7H2/b19-11-;;;. The Bertz CT molecular complexity index is 2850. The summed E-state index contributed by atoms with van der Waals surface area (Å²) in [6.07, 6.45) is 8.92. The van der Waals surface area contributed by atoms with E-state index in [1.807, 2.05) is 76.8 Å². The lowest BCUT2D eigenvalue weighted by molar-refractivity contribution is 0.103. The number of carbonyl (C=O) groups is 2. The molecule has 8 N–H and O–H groups in total. The van der Waals surface area contributed by atoms with Gasteiger partial charge in [0, 0.05) is 66.5 Å². The summed E-state index contributed by atoms with van der Waals surface area (Å²) in [5.41, 5.74) is 10.5. The third kappa shape index (κ3) is 20.4. The van der Waals surface area contributed by atoms with Crippen LogP contribution in [0.4, 0.5) is 22.9 Å². The number of nitrogens with two attached hydrogens (primary N) is 1. The number of nitrogens with one attached hydrogen (secondary N) is 3. The Morgan fingerprint density at radius 1 is 0.597 bits per heavy atom. The molecule has 1 heterocycles. The van der Waals surface area contributed by atoms with E-state index in [0.717, 1.165) is 21.2 Å². The molecule has 18 heteroatoms. The Hall–Kier alpha value is -6.33. The number of phenolic OH excluding ortho intramolecular Hbond substituents is 3. The van der Waals surface area contributed by atoms with Gasteiger partial charge in [0.05, 0.1) is 34.3 Å². The van der Waals surface area contributed by atoms with Crippen molar-refractivity contribution in [1.29, 1.82) is 0 Å². The Labute approximate surface area is 448 Å². The molecule has 0 unspecified atom stereocenters. The topological polar surface area (TPSA) is 192 Å². The molecule has 0 bridgehead atoms. The third-order valence-corrected chi connectivity index (χ3v) is 12.6. The Kier molecular flexibility index (Phi) is 24.2. The average molecular weight is 1090 g/mol. The maximum atomic E-state index is 12.4. The van der Waals surface area contributed by atoms with Gasteiger partial charge in [0.15, 0.2) is 17.4 Å². The summed E-state index contributed by atoms with van der Waals surface area (Å²) in [5.74, 6) is 2.16. The first-order valence-electron chi connectivity index (χ1n) is 21.9. The Balaban J connectivity index is 0.000000222. The number of rotatable bonds is 16. The number of aromatic amines is 1. The predicted molar refractivity (Wildman–Crippen MR) is 304 cm³/mol. The lowest BCUT2D eigenvalue weighted by Gasteiger charge is -2.16. The van der Waals surface area contributed by atoms with Gasteiger partial charge in [0.2, 0.25) is 0 Å². The van der Waals surface area contributed by atoms with Crippen molar-refractivity contribution in [3.05, 3.63) is 187 Å². The molecule has 0 saturated heterocycles.